The number of hydrogen-bond acceptors (Lipinski definition) is 2. The van der Waals surface area contributed by atoms with Crippen LogP contribution in [0, 0.1) is 0 Å². The van der Waals surface area contributed by atoms with Gasteiger partial charge in [-0.1, -0.05) is 6.92 Å². The van der Waals surface area contributed by atoms with E-state index in [1.807, 2.05) is 40.7 Å². The van der Waals surface area contributed by atoms with Gasteiger partial charge in [0.2, 0.25) is 0 Å². The van der Waals surface area contributed by atoms with E-state index in [2.05, 4.69) is 10.4 Å². The Labute approximate surface area is 97.0 Å². The highest BCUT2D eigenvalue weighted by Gasteiger charge is 2.19. The number of amides is 1. The van der Waals surface area contributed by atoms with Crippen molar-refractivity contribution in [2.45, 2.75) is 53.1 Å². The molecule has 0 saturated carbocycles. The van der Waals surface area contributed by atoms with Gasteiger partial charge in [0.15, 0.2) is 0 Å². The lowest BCUT2D eigenvalue weighted by Gasteiger charge is -2.20. The van der Waals surface area contributed by atoms with Crippen molar-refractivity contribution in [3.63, 3.8) is 0 Å². The quantitative estimate of drug-likeness (QED) is 0.852. The average molecular weight is 223 g/mol. The van der Waals surface area contributed by atoms with Crippen LogP contribution in [0.4, 0.5) is 0 Å². The van der Waals surface area contributed by atoms with E-state index in [-0.39, 0.29) is 11.4 Å². The second-order valence-corrected chi connectivity index (χ2v) is 4.89. The van der Waals surface area contributed by atoms with E-state index in [9.17, 15) is 4.79 Å². The molecule has 4 nitrogen and oxygen atoms in total. The number of nitrogens with one attached hydrogen (secondary N) is 1. The highest BCUT2D eigenvalue weighted by molar-refractivity contribution is 5.93. The minimum atomic E-state index is -0.216. The van der Waals surface area contributed by atoms with Gasteiger partial charge in [0.05, 0.1) is 5.69 Å². The average Bonchev–Trinajstić information content (AvgIpc) is 2.58. The summed E-state index contributed by atoms with van der Waals surface area (Å²) in [6, 6.07) is 1.87. The molecular formula is C12H21N3O. The number of nitrogens with zero attached hydrogens (tertiary/aromatic N) is 2. The number of carbonyl (C=O) groups is 1. The van der Waals surface area contributed by atoms with Crippen LogP contribution in [0.3, 0.4) is 0 Å². The first kappa shape index (κ1) is 12.7. The SMILES string of the molecule is CCc1cc(C(=O)NC(C)(C)C)n(CC)n1. The molecule has 1 rings (SSSR count). The molecule has 1 aromatic rings. The number of hydrogen-bond donors (Lipinski definition) is 1. The van der Waals surface area contributed by atoms with Gasteiger partial charge in [-0.2, -0.15) is 5.10 Å². The Bertz CT molecular complexity index is 374. The molecular weight excluding hydrogens is 202 g/mol. The Morgan fingerprint density at radius 1 is 1.44 bits per heavy atom. The Kier molecular flexibility index (Phi) is 3.73. The molecule has 0 radical (unpaired) electrons. The molecule has 4 heteroatoms. The fourth-order valence-corrected chi connectivity index (χ4v) is 1.47. The van der Waals surface area contributed by atoms with Gasteiger partial charge in [0, 0.05) is 12.1 Å². The van der Waals surface area contributed by atoms with Gasteiger partial charge in [0.1, 0.15) is 5.69 Å². The fourth-order valence-electron chi connectivity index (χ4n) is 1.47. The smallest absolute Gasteiger partial charge is 0.269 e. The summed E-state index contributed by atoms with van der Waals surface area (Å²) in [5.74, 6) is -0.0541. The lowest BCUT2D eigenvalue weighted by molar-refractivity contribution is 0.0908. The van der Waals surface area contributed by atoms with Crippen molar-refractivity contribution < 1.29 is 4.79 Å². The van der Waals surface area contributed by atoms with Crippen LogP contribution in [-0.2, 0) is 13.0 Å². The maximum absolute atomic E-state index is 12.0. The largest absolute Gasteiger partial charge is 0.346 e. The van der Waals surface area contributed by atoms with Crippen LogP contribution in [0.5, 0.6) is 0 Å². The molecule has 0 saturated heterocycles. The van der Waals surface area contributed by atoms with Gasteiger partial charge in [-0.3, -0.25) is 9.48 Å². The lowest BCUT2D eigenvalue weighted by atomic mass is 10.1. The summed E-state index contributed by atoms with van der Waals surface area (Å²) < 4.78 is 1.75. The molecule has 0 aliphatic heterocycles. The van der Waals surface area contributed by atoms with Crippen LogP contribution < -0.4 is 5.32 Å². The van der Waals surface area contributed by atoms with Crippen molar-refractivity contribution in [2.75, 3.05) is 0 Å². The van der Waals surface area contributed by atoms with Crippen molar-refractivity contribution in [3.05, 3.63) is 17.5 Å². The molecule has 0 fully saturated rings. The second-order valence-electron chi connectivity index (χ2n) is 4.89. The van der Waals surface area contributed by atoms with Crippen molar-refractivity contribution >= 4 is 5.91 Å². The summed E-state index contributed by atoms with van der Waals surface area (Å²) in [6.07, 6.45) is 0.850. The van der Waals surface area contributed by atoms with Crippen molar-refractivity contribution in [2.24, 2.45) is 0 Å². The second kappa shape index (κ2) is 4.68. The number of aromatic nitrogens is 2. The third kappa shape index (κ3) is 3.08. The molecule has 1 aromatic heterocycles. The minimum Gasteiger partial charge on any atom is -0.346 e. The zero-order chi connectivity index (χ0) is 12.3. The van der Waals surface area contributed by atoms with E-state index in [0.29, 0.717) is 12.2 Å². The number of carbonyl (C=O) groups excluding carboxylic acids is 1. The first-order chi connectivity index (χ1) is 7.37. The van der Waals surface area contributed by atoms with E-state index in [0.717, 1.165) is 12.1 Å². The molecule has 1 amide bonds. The zero-order valence-corrected chi connectivity index (χ0v) is 10.8. The fraction of sp³-hybridized carbons (Fsp3) is 0.667. The molecule has 90 valence electrons. The van der Waals surface area contributed by atoms with Crippen LogP contribution in [-0.4, -0.2) is 21.2 Å². The summed E-state index contributed by atoms with van der Waals surface area (Å²) in [5, 5.41) is 7.30. The maximum Gasteiger partial charge on any atom is 0.269 e. The first-order valence-corrected chi connectivity index (χ1v) is 5.76. The Morgan fingerprint density at radius 2 is 2.06 bits per heavy atom. The summed E-state index contributed by atoms with van der Waals surface area (Å²) in [6.45, 7) is 10.6. The van der Waals surface area contributed by atoms with E-state index >= 15 is 0 Å². The lowest BCUT2D eigenvalue weighted by Crippen LogP contribution is -2.41. The molecule has 0 bridgehead atoms. The van der Waals surface area contributed by atoms with Gasteiger partial charge < -0.3 is 5.32 Å². The predicted octanol–water partition coefficient (Wildman–Crippen LogP) is 1.99. The minimum absolute atomic E-state index is 0.0541. The van der Waals surface area contributed by atoms with Crippen LogP contribution in [0.1, 0.15) is 50.8 Å². The third-order valence-electron chi connectivity index (χ3n) is 2.21. The van der Waals surface area contributed by atoms with Crippen molar-refractivity contribution in [1.82, 2.24) is 15.1 Å². The number of aryl methyl sites for hydroxylation is 2. The van der Waals surface area contributed by atoms with E-state index in [1.165, 1.54) is 0 Å². The van der Waals surface area contributed by atoms with E-state index in [4.69, 9.17) is 0 Å². The Hall–Kier alpha value is -1.32. The van der Waals surface area contributed by atoms with Gasteiger partial charge in [0.25, 0.3) is 5.91 Å². The molecule has 0 aliphatic rings. The molecule has 0 unspecified atom stereocenters. The molecule has 0 aromatic carbocycles. The van der Waals surface area contributed by atoms with Crippen LogP contribution in [0.25, 0.3) is 0 Å². The molecule has 0 atom stereocenters. The molecule has 0 aliphatic carbocycles. The molecule has 0 spiro atoms. The van der Waals surface area contributed by atoms with Crippen LogP contribution in [0.15, 0.2) is 6.07 Å². The molecule has 1 heterocycles. The maximum atomic E-state index is 12.0. The zero-order valence-electron chi connectivity index (χ0n) is 10.8. The van der Waals surface area contributed by atoms with E-state index in [1.54, 1.807) is 4.68 Å². The molecule has 16 heavy (non-hydrogen) atoms. The van der Waals surface area contributed by atoms with Crippen molar-refractivity contribution in [1.29, 1.82) is 0 Å². The van der Waals surface area contributed by atoms with Gasteiger partial charge >= 0.3 is 0 Å². The normalized spacial score (nSPS) is 11.6. The third-order valence-corrected chi connectivity index (χ3v) is 2.21. The molecule has 1 N–H and O–H groups in total. The first-order valence-electron chi connectivity index (χ1n) is 5.76. The summed E-state index contributed by atoms with van der Waals surface area (Å²) >= 11 is 0. The highest BCUT2D eigenvalue weighted by atomic mass is 16.2. The number of rotatable bonds is 3. The Morgan fingerprint density at radius 3 is 2.50 bits per heavy atom. The Balaban J connectivity index is 2.94. The van der Waals surface area contributed by atoms with Crippen LogP contribution in [0.2, 0.25) is 0 Å². The van der Waals surface area contributed by atoms with Crippen molar-refractivity contribution in [3.8, 4) is 0 Å². The van der Waals surface area contributed by atoms with Gasteiger partial charge in [-0.25, -0.2) is 0 Å². The topological polar surface area (TPSA) is 46.9 Å². The predicted molar refractivity (Wildman–Crippen MR) is 64.5 cm³/mol. The van der Waals surface area contributed by atoms with Gasteiger partial charge in [-0.15, -0.1) is 0 Å². The summed E-state index contributed by atoms with van der Waals surface area (Å²) in [7, 11) is 0. The summed E-state index contributed by atoms with van der Waals surface area (Å²) in [4.78, 5) is 12.0. The van der Waals surface area contributed by atoms with Crippen LogP contribution >= 0.6 is 0 Å². The monoisotopic (exact) mass is 223 g/mol. The highest BCUT2D eigenvalue weighted by Crippen LogP contribution is 2.08. The standard InChI is InChI=1S/C12H21N3O/c1-6-9-8-10(15(7-2)14-9)11(16)13-12(3,4)5/h8H,6-7H2,1-5H3,(H,13,16). The van der Waals surface area contributed by atoms with E-state index < -0.39 is 0 Å². The summed E-state index contributed by atoms with van der Waals surface area (Å²) in [5.41, 5.74) is 1.39. The van der Waals surface area contributed by atoms with Gasteiger partial charge in [-0.05, 0) is 40.2 Å².